The van der Waals surface area contributed by atoms with Crippen molar-refractivity contribution >= 4 is 5.97 Å². The minimum absolute atomic E-state index is 0.183. The van der Waals surface area contributed by atoms with Gasteiger partial charge in [0, 0.05) is 11.5 Å². The highest BCUT2D eigenvalue weighted by atomic mass is 16.6. The van der Waals surface area contributed by atoms with Crippen LogP contribution in [0.25, 0.3) is 0 Å². The molecular weight excluding hydrogens is 260 g/mol. The SMILES string of the molecule is C=C(C)C(=O)O[C@]1(CC)C[C@@H]2C[C@H]1C1C2[C@@H](C)CC[C@H]1C. The molecule has 0 saturated heterocycles. The van der Waals surface area contributed by atoms with Gasteiger partial charge in [0.1, 0.15) is 5.60 Å². The summed E-state index contributed by atoms with van der Waals surface area (Å²) in [5.74, 6) is 4.46. The molecular formula is C19H30O2. The molecule has 3 aliphatic carbocycles. The summed E-state index contributed by atoms with van der Waals surface area (Å²) in [5.41, 5.74) is 0.333. The molecule has 0 N–H and O–H groups in total. The van der Waals surface area contributed by atoms with Crippen LogP contribution >= 0.6 is 0 Å². The molecule has 2 heteroatoms. The molecule has 2 bridgehead atoms. The smallest absolute Gasteiger partial charge is 0.333 e. The van der Waals surface area contributed by atoms with E-state index in [0.717, 1.165) is 42.4 Å². The second kappa shape index (κ2) is 5.14. The lowest BCUT2D eigenvalue weighted by molar-refractivity contribution is -0.170. The van der Waals surface area contributed by atoms with Crippen molar-refractivity contribution in [2.75, 3.05) is 0 Å². The van der Waals surface area contributed by atoms with Gasteiger partial charge in [0.25, 0.3) is 0 Å². The summed E-state index contributed by atoms with van der Waals surface area (Å²) >= 11 is 0. The van der Waals surface area contributed by atoms with Crippen molar-refractivity contribution in [3.05, 3.63) is 12.2 Å². The summed E-state index contributed by atoms with van der Waals surface area (Å²) in [7, 11) is 0. The van der Waals surface area contributed by atoms with E-state index in [0.29, 0.717) is 11.5 Å². The number of hydrogen-bond acceptors (Lipinski definition) is 2. The monoisotopic (exact) mass is 290 g/mol. The number of rotatable bonds is 3. The van der Waals surface area contributed by atoms with E-state index < -0.39 is 0 Å². The summed E-state index contributed by atoms with van der Waals surface area (Å²) in [6.07, 6.45) is 6.06. The molecule has 0 heterocycles. The predicted octanol–water partition coefficient (Wildman–Crippen LogP) is 4.59. The summed E-state index contributed by atoms with van der Waals surface area (Å²) in [6.45, 7) is 12.6. The fraction of sp³-hybridized carbons (Fsp3) is 0.842. The predicted molar refractivity (Wildman–Crippen MR) is 84.7 cm³/mol. The van der Waals surface area contributed by atoms with Gasteiger partial charge in [-0.05, 0) is 55.8 Å². The second-order valence-corrected chi connectivity index (χ2v) is 8.08. The number of ether oxygens (including phenoxy) is 1. The van der Waals surface area contributed by atoms with Crippen LogP contribution in [-0.4, -0.2) is 11.6 Å². The quantitative estimate of drug-likeness (QED) is 0.561. The molecule has 0 aliphatic heterocycles. The van der Waals surface area contributed by atoms with Gasteiger partial charge in [-0.1, -0.05) is 40.2 Å². The third-order valence-electron chi connectivity index (χ3n) is 6.93. The average molecular weight is 290 g/mol. The van der Waals surface area contributed by atoms with Crippen molar-refractivity contribution in [3.63, 3.8) is 0 Å². The van der Waals surface area contributed by atoms with Crippen molar-refractivity contribution in [1.29, 1.82) is 0 Å². The molecule has 3 rings (SSSR count). The molecule has 0 aromatic heterocycles. The minimum Gasteiger partial charge on any atom is -0.455 e. The molecule has 0 aromatic rings. The Hall–Kier alpha value is -0.790. The minimum atomic E-state index is -0.201. The lowest BCUT2D eigenvalue weighted by Gasteiger charge is -2.50. The Kier molecular flexibility index (Phi) is 3.70. The summed E-state index contributed by atoms with van der Waals surface area (Å²) in [6, 6.07) is 0. The normalized spacial score (nSPS) is 48.0. The first-order valence-electron chi connectivity index (χ1n) is 8.78. The maximum Gasteiger partial charge on any atom is 0.333 e. The molecule has 2 nitrogen and oxygen atoms in total. The van der Waals surface area contributed by atoms with Gasteiger partial charge in [-0.2, -0.15) is 0 Å². The fourth-order valence-corrected chi connectivity index (χ4v) is 6.00. The van der Waals surface area contributed by atoms with Crippen molar-refractivity contribution in [2.24, 2.45) is 35.5 Å². The largest absolute Gasteiger partial charge is 0.455 e. The highest BCUT2D eigenvalue weighted by molar-refractivity contribution is 5.87. The first kappa shape index (κ1) is 15.1. The van der Waals surface area contributed by atoms with Crippen LogP contribution in [0.5, 0.6) is 0 Å². The van der Waals surface area contributed by atoms with Gasteiger partial charge in [-0.25, -0.2) is 4.79 Å². The van der Waals surface area contributed by atoms with Crippen LogP contribution in [-0.2, 0) is 9.53 Å². The van der Waals surface area contributed by atoms with Gasteiger partial charge in [-0.3, -0.25) is 0 Å². The second-order valence-electron chi connectivity index (χ2n) is 8.08. The number of fused-ring (bicyclic) bond motifs is 5. The maximum atomic E-state index is 12.1. The van der Waals surface area contributed by atoms with E-state index >= 15 is 0 Å². The Morgan fingerprint density at radius 2 is 1.86 bits per heavy atom. The Morgan fingerprint density at radius 3 is 2.43 bits per heavy atom. The highest BCUT2D eigenvalue weighted by Gasteiger charge is 2.63. The molecule has 0 aromatic carbocycles. The Bertz CT molecular complexity index is 454. The van der Waals surface area contributed by atoms with E-state index in [2.05, 4.69) is 27.4 Å². The zero-order valence-electron chi connectivity index (χ0n) is 14.0. The van der Waals surface area contributed by atoms with E-state index in [4.69, 9.17) is 4.74 Å². The number of esters is 1. The number of hydrogen-bond donors (Lipinski definition) is 0. The van der Waals surface area contributed by atoms with Gasteiger partial charge >= 0.3 is 5.97 Å². The Morgan fingerprint density at radius 1 is 1.24 bits per heavy atom. The average Bonchev–Trinajstić information content (AvgIpc) is 2.99. The van der Waals surface area contributed by atoms with Crippen molar-refractivity contribution in [2.45, 2.75) is 65.4 Å². The molecule has 0 spiro atoms. The van der Waals surface area contributed by atoms with Crippen LogP contribution < -0.4 is 0 Å². The van der Waals surface area contributed by atoms with Gasteiger partial charge in [0.05, 0.1) is 0 Å². The van der Waals surface area contributed by atoms with E-state index in [1.54, 1.807) is 6.92 Å². The van der Waals surface area contributed by atoms with E-state index in [9.17, 15) is 4.79 Å². The third-order valence-corrected chi connectivity index (χ3v) is 6.93. The van der Waals surface area contributed by atoms with Crippen LogP contribution in [0.1, 0.15) is 59.8 Å². The lowest BCUT2D eigenvalue weighted by atomic mass is 9.58. The summed E-state index contributed by atoms with van der Waals surface area (Å²) in [4.78, 5) is 12.1. The van der Waals surface area contributed by atoms with Gasteiger partial charge in [-0.15, -0.1) is 0 Å². The molecule has 3 aliphatic rings. The Labute approximate surface area is 129 Å². The van der Waals surface area contributed by atoms with Crippen molar-refractivity contribution < 1.29 is 9.53 Å². The molecule has 3 saturated carbocycles. The van der Waals surface area contributed by atoms with Crippen LogP contribution in [0.15, 0.2) is 12.2 Å². The highest BCUT2D eigenvalue weighted by Crippen LogP contribution is 2.65. The molecule has 0 amide bonds. The van der Waals surface area contributed by atoms with Crippen LogP contribution in [0, 0.1) is 35.5 Å². The van der Waals surface area contributed by atoms with Gasteiger partial charge < -0.3 is 4.74 Å². The molecule has 0 radical (unpaired) electrons. The zero-order valence-corrected chi connectivity index (χ0v) is 14.0. The molecule has 2 unspecified atom stereocenters. The number of carbonyl (C=O) groups is 1. The maximum absolute atomic E-state index is 12.1. The molecule has 3 fully saturated rings. The fourth-order valence-electron chi connectivity index (χ4n) is 6.00. The van der Waals surface area contributed by atoms with Gasteiger partial charge in [0.15, 0.2) is 0 Å². The van der Waals surface area contributed by atoms with Crippen LogP contribution in [0.4, 0.5) is 0 Å². The standard InChI is InChI=1S/C19H30O2/c1-6-19(21-18(20)11(2)3)10-14-9-15(19)17-13(5)8-7-12(4)16(14)17/h12-17H,2,6-10H2,1,3-5H3/t12-,13+,14-,15-,16?,17?,19+/m0/s1. The lowest BCUT2D eigenvalue weighted by Crippen LogP contribution is -2.50. The zero-order chi connectivity index (χ0) is 15.4. The topological polar surface area (TPSA) is 26.3 Å². The summed E-state index contributed by atoms with van der Waals surface area (Å²) < 4.78 is 6.04. The van der Waals surface area contributed by atoms with E-state index in [1.807, 2.05) is 0 Å². The van der Waals surface area contributed by atoms with Crippen molar-refractivity contribution in [3.8, 4) is 0 Å². The third kappa shape index (κ3) is 2.17. The van der Waals surface area contributed by atoms with Crippen LogP contribution in [0.2, 0.25) is 0 Å². The molecule has 21 heavy (non-hydrogen) atoms. The molecule has 7 atom stereocenters. The number of carbonyl (C=O) groups excluding carboxylic acids is 1. The van der Waals surface area contributed by atoms with Crippen LogP contribution in [0.3, 0.4) is 0 Å². The Balaban J connectivity index is 1.87. The van der Waals surface area contributed by atoms with E-state index in [1.165, 1.54) is 19.3 Å². The first-order chi connectivity index (χ1) is 9.89. The molecule has 118 valence electrons. The summed E-state index contributed by atoms with van der Waals surface area (Å²) in [5, 5.41) is 0. The first-order valence-corrected chi connectivity index (χ1v) is 8.78. The van der Waals surface area contributed by atoms with Gasteiger partial charge in [0.2, 0.25) is 0 Å². The van der Waals surface area contributed by atoms with E-state index in [-0.39, 0.29) is 11.6 Å². The van der Waals surface area contributed by atoms with Crippen molar-refractivity contribution in [1.82, 2.24) is 0 Å².